The van der Waals surface area contributed by atoms with Gasteiger partial charge in [-0.3, -0.25) is 0 Å². The zero-order chi connectivity index (χ0) is 15.1. The summed E-state index contributed by atoms with van der Waals surface area (Å²) in [5.74, 6) is -1.04. The third-order valence-electron chi connectivity index (χ3n) is 3.64. The van der Waals surface area contributed by atoms with Gasteiger partial charge in [0.2, 0.25) is 0 Å². The summed E-state index contributed by atoms with van der Waals surface area (Å²) in [5.41, 5.74) is 0. The van der Waals surface area contributed by atoms with Crippen molar-refractivity contribution in [3.05, 3.63) is 0 Å². The molecule has 0 unspecified atom stereocenters. The van der Waals surface area contributed by atoms with Gasteiger partial charge in [0.05, 0.1) is 6.10 Å². The van der Waals surface area contributed by atoms with Crippen LogP contribution in [0.1, 0.15) is 46.0 Å². The fraction of sp³-hybridized carbons (Fsp3) is 0.857. The Hall–Kier alpha value is -1.30. The third kappa shape index (κ3) is 4.37. The van der Waals surface area contributed by atoms with E-state index in [1.54, 1.807) is 4.90 Å². The molecule has 0 radical (unpaired) electrons. The van der Waals surface area contributed by atoms with E-state index in [-0.39, 0.29) is 19.0 Å². The number of rotatable bonds is 7. The van der Waals surface area contributed by atoms with Crippen molar-refractivity contribution in [1.29, 1.82) is 0 Å². The predicted octanol–water partition coefficient (Wildman–Crippen LogP) is 1.53. The van der Waals surface area contributed by atoms with Gasteiger partial charge < -0.3 is 20.0 Å². The van der Waals surface area contributed by atoms with Gasteiger partial charge in [-0.2, -0.15) is 0 Å². The number of carboxylic acids is 1. The van der Waals surface area contributed by atoms with Gasteiger partial charge >= 0.3 is 12.0 Å². The van der Waals surface area contributed by atoms with E-state index in [0.717, 1.165) is 25.7 Å². The Morgan fingerprint density at radius 1 is 1.20 bits per heavy atom. The molecule has 0 bridgehead atoms. The topological polar surface area (TPSA) is 81.1 Å². The number of likely N-dealkylation sites (tertiary alicyclic amines) is 1. The molecule has 116 valence electrons. The summed E-state index contributed by atoms with van der Waals surface area (Å²) in [6.07, 6.45) is 3.17. The minimum absolute atomic E-state index is 0.116. The van der Waals surface area contributed by atoms with Gasteiger partial charge in [0.15, 0.2) is 0 Å². The number of nitrogens with zero attached hydrogens (tertiary/aromatic N) is 2. The first-order chi connectivity index (χ1) is 9.51. The van der Waals surface area contributed by atoms with Gasteiger partial charge in [-0.25, -0.2) is 9.59 Å². The normalized spacial score (nSPS) is 22.1. The molecule has 2 N–H and O–H groups in total. The molecule has 1 heterocycles. The van der Waals surface area contributed by atoms with E-state index in [0.29, 0.717) is 13.1 Å². The number of carbonyl (C=O) groups excluding carboxylic acids is 1. The fourth-order valence-corrected chi connectivity index (χ4v) is 2.44. The second-order valence-corrected chi connectivity index (χ2v) is 5.37. The van der Waals surface area contributed by atoms with Crippen LogP contribution in [-0.4, -0.2) is 63.8 Å². The van der Waals surface area contributed by atoms with Crippen molar-refractivity contribution in [1.82, 2.24) is 9.80 Å². The van der Waals surface area contributed by atoms with Gasteiger partial charge in [0, 0.05) is 26.1 Å². The number of carboxylic acid groups (broad SMARTS) is 1. The number of carbonyl (C=O) groups is 2. The molecular formula is C14H26N2O4. The van der Waals surface area contributed by atoms with Crippen molar-refractivity contribution >= 4 is 12.0 Å². The first-order valence-electron chi connectivity index (χ1n) is 7.47. The lowest BCUT2D eigenvalue weighted by atomic mass is 10.2. The van der Waals surface area contributed by atoms with Crippen LogP contribution in [0.15, 0.2) is 0 Å². The second kappa shape index (κ2) is 8.09. The standard InChI is InChI=1S/C14H26N2O4/c1-3-5-7-15(8-6-4-2)14(20)16-10-11(17)9-12(16)13(18)19/h11-12,17H,3-10H2,1-2H3,(H,18,19)/t11-,12-/m0/s1. The van der Waals surface area contributed by atoms with Crippen molar-refractivity contribution in [3.8, 4) is 0 Å². The van der Waals surface area contributed by atoms with E-state index in [4.69, 9.17) is 5.11 Å². The summed E-state index contributed by atoms with van der Waals surface area (Å²) in [7, 11) is 0. The number of hydrogen-bond donors (Lipinski definition) is 2. The molecule has 1 rings (SSSR count). The van der Waals surface area contributed by atoms with Gasteiger partial charge in [-0.1, -0.05) is 26.7 Å². The molecule has 0 aromatic rings. The van der Waals surface area contributed by atoms with Crippen molar-refractivity contribution in [2.45, 2.75) is 58.1 Å². The van der Waals surface area contributed by atoms with E-state index in [1.165, 1.54) is 4.90 Å². The molecule has 1 saturated heterocycles. The number of amides is 2. The fourth-order valence-electron chi connectivity index (χ4n) is 2.44. The molecule has 20 heavy (non-hydrogen) atoms. The molecule has 1 aliphatic rings. The van der Waals surface area contributed by atoms with Crippen LogP contribution >= 0.6 is 0 Å². The Morgan fingerprint density at radius 3 is 2.20 bits per heavy atom. The van der Waals surface area contributed by atoms with Crippen molar-refractivity contribution < 1.29 is 19.8 Å². The summed E-state index contributed by atoms with van der Waals surface area (Å²) >= 11 is 0. The summed E-state index contributed by atoms with van der Waals surface area (Å²) in [5, 5.41) is 18.8. The Morgan fingerprint density at radius 2 is 1.75 bits per heavy atom. The highest BCUT2D eigenvalue weighted by Crippen LogP contribution is 2.20. The maximum atomic E-state index is 12.5. The third-order valence-corrected chi connectivity index (χ3v) is 3.64. The van der Waals surface area contributed by atoms with E-state index >= 15 is 0 Å². The molecule has 1 aliphatic heterocycles. The monoisotopic (exact) mass is 286 g/mol. The Labute approximate surface area is 120 Å². The predicted molar refractivity (Wildman–Crippen MR) is 75.5 cm³/mol. The van der Waals surface area contributed by atoms with Crippen LogP contribution in [0.3, 0.4) is 0 Å². The summed E-state index contributed by atoms with van der Waals surface area (Å²) < 4.78 is 0. The molecule has 2 amide bonds. The van der Waals surface area contributed by atoms with Gasteiger partial charge in [0.1, 0.15) is 6.04 Å². The first-order valence-corrected chi connectivity index (χ1v) is 7.47. The highest BCUT2D eigenvalue weighted by molar-refractivity contribution is 5.83. The lowest BCUT2D eigenvalue weighted by Gasteiger charge is -2.30. The highest BCUT2D eigenvalue weighted by Gasteiger charge is 2.40. The molecular weight excluding hydrogens is 260 g/mol. The number of β-amino-alcohol motifs (C(OH)–C–C–N with tert-alkyl or cyclic N) is 1. The number of urea groups is 1. The Kier molecular flexibility index (Phi) is 6.78. The molecule has 0 aromatic carbocycles. The van der Waals surface area contributed by atoms with Crippen LogP contribution in [0.25, 0.3) is 0 Å². The number of hydrogen-bond acceptors (Lipinski definition) is 3. The van der Waals surface area contributed by atoms with E-state index in [2.05, 4.69) is 13.8 Å². The van der Waals surface area contributed by atoms with Gasteiger partial charge in [-0.05, 0) is 12.8 Å². The van der Waals surface area contributed by atoms with Crippen LogP contribution in [0.2, 0.25) is 0 Å². The van der Waals surface area contributed by atoms with Crippen LogP contribution in [0.4, 0.5) is 4.79 Å². The number of aliphatic hydroxyl groups excluding tert-OH is 1. The zero-order valence-electron chi connectivity index (χ0n) is 12.4. The van der Waals surface area contributed by atoms with E-state index in [9.17, 15) is 14.7 Å². The number of aliphatic carboxylic acids is 1. The van der Waals surface area contributed by atoms with E-state index in [1.807, 2.05) is 0 Å². The average Bonchev–Trinajstić information content (AvgIpc) is 2.80. The molecule has 0 aromatic heterocycles. The molecule has 0 aliphatic carbocycles. The molecule has 2 atom stereocenters. The quantitative estimate of drug-likeness (QED) is 0.743. The maximum absolute atomic E-state index is 12.5. The smallest absolute Gasteiger partial charge is 0.326 e. The first kappa shape index (κ1) is 16.8. The minimum Gasteiger partial charge on any atom is -0.480 e. The molecule has 1 fully saturated rings. The Balaban J connectivity index is 2.73. The van der Waals surface area contributed by atoms with Crippen molar-refractivity contribution in [2.75, 3.05) is 19.6 Å². The van der Waals surface area contributed by atoms with Crippen molar-refractivity contribution in [3.63, 3.8) is 0 Å². The molecule has 0 spiro atoms. The van der Waals surface area contributed by atoms with Crippen LogP contribution in [0.5, 0.6) is 0 Å². The number of aliphatic hydroxyl groups is 1. The number of unbranched alkanes of at least 4 members (excludes halogenated alkanes) is 2. The lowest BCUT2D eigenvalue weighted by Crippen LogP contribution is -2.48. The molecule has 0 saturated carbocycles. The van der Waals surface area contributed by atoms with E-state index < -0.39 is 18.1 Å². The van der Waals surface area contributed by atoms with Crippen LogP contribution < -0.4 is 0 Å². The second-order valence-electron chi connectivity index (χ2n) is 5.37. The molecule has 6 heteroatoms. The van der Waals surface area contributed by atoms with Crippen LogP contribution in [-0.2, 0) is 4.79 Å². The summed E-state index contributed by atoms with van der Waals surface area (Å²) in [6.45, 7) is 5.53. The Bertz CT molecular complexity index is 327. The van der Waals surface area contributed by atoms with Gasteiger partial charge in [0.25, 0.3) is 0 Å². The van der Waals surface area contributed by atoms with Crippen LogP contribution in [0, 0.1) is 0 Å². The maximum Gasteiger partial charge on any atom is 0.326 e. The largest absolute Gasteiger partial charge is 0.480 e. The SMILES string of the molecule is CCCCN(CCCC)C(=O)N1C[C@@H](O)C[C@H]1C(=O)O. The van der Waals surface area contributed by atoms with Crippen molar-refractivity contribution in [2.24, 2.45) is 0 Å². The molecule has 6 nitrogen and oxygen atoms in total. The summed E-state index contributed by atoms with van der Waals surface area (Å²) in [6, 6.07) is -1.15. The lowest BCUT2D eigenvalue weighted by molar-refractivity contribution is -0.141. The zero-order valence-corrected chi connectivity index (χ0v) is 12.4. The van der Waals surface area contributed by atoms with Gasteiger partial charge in [-0.15, -0.1) is 0 Å². The minimum atomic E-state index is -1.04. The highest BCUT2D eigenvalue weighted by atomic mass is 16.4. The average molecular weight is 286 g/mol. The summed E-state index contributed by atoms with van der Waals surface area (Å²) in [4.78, 5) is 26.7.